The number of hydrogen-bond donors (Lipinski definition) is 3. The molecule has 56 heavy (non-hydrogen) atoms. The lowest BCUT2D eigenvalue weighted by Crippen LogP contribution is -2.62. The Balaban J connectivity index is 1.18. The van der Waals surface area contributed by atoms with Gasteiger partial charge in [-0.3, -0.25) is 28.8 Å². The predicted molar refractivity (Wildman–Crippen MR) is 206 cm³/mol. The largest absolute Gasteiger partial charge is 0.471 e. The van der Waals surface area contributed by atoms with Crippen molar-refractivity contribution in [2.24, 2.45) is 23.2 Å². The average molecular weight is 775 g/mol. The van der Waals surface area contributed by atoms with Crippen molar-refractivity contribution in [1.29, 1.82) is 0 Å². The zero-order valence-corrected chi connectivity index (χ0v) is 33.4. The zero-order valence-electron chi connectivity index (χ0n) is 33.4. The summed E-state index contributed by atoms with van der Waals surface area (Å²) in [5, 5.41) is 12.6. The van der Waals surface area contributed by atoms with Crippen molar-refractivity contribution in [2.75, 3.05) is 13.1 Å². The molecule has 2 aliphatic carbocycles. The molecule has 2 bridgehead atoms. The highest BCUT2D eigenvalue weighted by atomic mass is 16.5. The number of carbonyl (C=O) groups excluding carboxylic acids is 6. The molecule has 1 aromatic heterocycles. The highest BCUT2D eigenvalue weighted by Gasteiger charge is 2.53. The summed E-state index contributed by atoms with van der Waals surface area (Å²) in [5.74, 6) is -3.47. The van der Waals surface area contributed by atoms with E-state index >= 15 is 0 Å². The van der Waals surface area contributed by atoms with E-state index in [9.17, 15) is 28.8 Å². The Morgan fingerprint density at radius 2 is 1.70 bits per heavy atom. The molecule has 6 rings (SSSR count). The Hall–Kier alpha value is -4.75. The topological polar surface area (TPSA) is 180 Å². The Morgan fingerprint density at radius 1 is 0.982 bits per heavy atom. The van der Waals surface area contributed by atoms with Crippen molar-refractivity contribution < 1.29 is 38.0 Å². The molecule has 4 aliphatic rings. The minimum atomic E-state index is -1.03. The number of nitrogens with zero attached hydrogens (tertiary/aromatic N) is 3. The Labute approximate surface area is 329 Å². The molecule has 304 valence electrons. The summed E-state index contributed by atoms with van der Waals surface area (Å²) in [5.41, 5.74) is 0.149. The van der Waals surface area contributed by atoms with Crippen LogP contribution in [0.4, 0.5) is 0 Å². The van der Waals surface area contributed by atoms with Crippen LogP contribution in [0.1, 0.15) is 115 Å². The van der Waals surface area contributed by atoms with Crippen LogP contribution in [-0.2, 0) is 30.6 Å². The molecule has 0 unspecified atom stereocenters. The monoisotopic (exact) mass is 774 g/mol. The van der Waals surface area contributed by atoms with Gasteiger partial charge in [-0.25, -0.2) is 0 Å². The molecule has 2 saturated heterocycles. The van der Waals surface area contributed by atoms with E-state index < -0.39 is 59.0 Å². The molecule has 2 aliphatic heterocycles. The third kappa shape index (κ3) is 9.43. The summed E-state index contributed by atoms with van der Waals surface area (Å²) in [6.45, 7) is 10.3. The highest BCUT2D eigenvalue weighted by molar-refractivity contribution is 6.38. The second kappa shape index (κ2) is 17.6. The molecule has 3 N–H and O–H groups in total. The normalized spacial score (nSPS) is 23.1. The van der Waals surface area contributed by atoms with Crippen molar-refractivity contribution in [3.8, 4) is 5.88 Å². The van der Waals surface area contributed by atoms with Gasteiger partial charge in [-0.2, -0.15) is 0 Å². The van der Waals surface area contributed by atoms with Gasteiger partial charge in [-0.05, 0) is 72.4 Å². The SMILES string of the molecule is CCC[C@@H](C(=O)C(=O)NC1CC1)N1CC[C@H]2CN(C(=O)[C@@H](NC(=O)[C@@H](NC(=O)c3cc(OCc4ccccc4)no3)C3CCCCC3)C(C)(C)C)[C@H](C1=O)[C@H]2C. The van der Waals surface area contributed by atoms with E-state index in [2.05, 4.69) is 21.1 Å². The molecule has 3 heterocycles. The van der Waals surface area contributed by atoms with Gasteiger partial charge in [0.15, 0.2) is 0 Å². The third-order valence-electron chi connectivity index (χ3n) is 12.0. The first kappa shape index (κ1) is 40.9. The first-order valence-electron chi connectivity index (χ1n) is 20.5. The Kier molecular flexibility index (Phi) is 12.8. The maximum Gasteiger partial charge on any atom is 0.290 e. The number of benzene rings is 1. The number of nitrogens with one attached hydrogen (secondary N) is 3. The van der Waals surface area contributed by atoms with E-state index in [0.717, 1.165) is 50.5 Å². The standard InChI is InChI=1S/C42H58N6O8/c1-6-13-30(35(49)39(52)43-29-18-19-29)47-21-20-28-23-48(34(25(28)2)40(47)53)41(54)36(42(3,4)5)45-38(51)33(27-16-11-8-12-17-27)44-37(50)31-22-32(46-56-31)55-24-26-14-9-7-10-15-26/h7,9-10,14-15,22,25,27-30,33-34,36H,6,8,11-13,16-21,23-24H2,1-5H3,(H,43,52)(H,44,50)(H,45,51)/t25-,28-,30-,33-,34-,36+/m0/s1. The molecule has 0 radical (unpaired) electrons. The molecule has 14 heteroatoms. The van der Waals surface area contributed by atoms with Gasteiger partial charge in [0.2, 0.25) is 29.3 Å². The van der Waals surface area contributed by atoms with Gasteiger partial charge in [0.25, 0.3) is 17.7 Å². The van der Waals surface area contributed by atoms with Gasteiger partial charge in [0.1, 0.15) is 30.8 Å². The van der Waals surface area contributed by atoms with E-state index in [1.54, 1.807) is 4.90 Å². The predicted octanol–water partition coefficient (Wildman–Crippen LogP) is 4.18. The molecular weight excluding hydrogens is 716 g/mol. The van der Waals surface area contributed by atoms with Gasteiger partial charge in [0, 0.05) is 19.1 Å². The van der Waals surface area contributed by atoms with Crippen LogP contribution in [0.3, 0.4) is 0 Å². The lowest BCUT2D eigenvalue weighted by atomic mass is 9.82. The molecule has 6 atom stereocenters. The number of ketones is 1. The van der Waals surface area contributed by atoms with E-state index in [0.29, 0.717) is 32.4 Å². The van der Waals surface area contributed by atoms with Crippen molar-refractivity contribution in [3.63, 3.8) is 0 Å². The summed E-state index contributed by atoms with van der Waals surface area (Å²) in [4.78, 5) is 86.7. The van der Waals surface area contributed by atoms with Gasteiger partial charge < -0.3 is 35.0 Å². The summed E-state index contributed by atoms with van der Waals surface area (Å²) in [6, 6.07) is 7.15. The molecule has 2 aromatic rings. The fourth-order valence-corrected chi connectivity index (χ4v) is 8.53. The number of hydrogen-bond acceptors (Lipinski definition) is 9. The van der Waals surface area contributed by atoms with Crippen LogP contribution in [0, 0.1) is 23.2 Å². The zero-order chi connectivity index (χ0) is 40.1. The smallest absolute Gasteiger partial charge is 0.290 e. The van der Waals surface area contributed by atoms with Gasteiger partial charge in [-0.1, -0.05) is 90.6 Å². The van der Waals surface area contributed by atoms with Crippen LogP contribution in [0.25, 0.3) is 0 Å². The lowest BCUT2D eigenvalue weighted by Gasteiger charge is -2.40. The molecule has 2 saturated carbocycles. The Morgan fingerprint density at radius 3 is 2.36 bits per heavy atom. The molecule has 14 nitrogen and oxygen atoms in total. The van der Waals surface area contributed by atoms with Crippen molar-refractivity contribution in [1.82, 2.24) is 30.9 Å². The molecule has 4 fully saturated rings. The van der Waals surface area contributed by atoms with Crippen molar-refractivity contribution in [3.05, 3.63) is 47.7 Å². The first-order chi connectivity index (χ1) is 26.8. The maximum atomic E-state index is 14.7. The van der Waals surface area contributed by atoms with E-state index in [4.69, 9.17) is 9.26 Å². The van der Waals surface area contributed by atoms with Crippen molar-refractivity contribution in [2.45, 2.75) is 136 Å². The molecule has 1 aromatic carbocycles. The van der Waals surface area contributed by atoms with Crippen LogP contribution < -0.4 is 20.7 Å². The highest BCUT2D eigenvalue weighted by Crippen LogP contribution is 2.39. The molecule has 5 amide bonds. The number of likely N-dealkylation sites (tertiary alicyclic amines) is 2. The van der Waals surface area contributed by atoms with Gasteiger partial charge in [-0.15, -0.1) is 0 Å². The number of carbonyl (C=O) groups is 6. The van der Waals surface area contributed by atoms with Crippen LogP contribution >= 0.6 is 0 Å². The van der Waals surface area contributed by atoms with E-state index in [-0.39, 0.29) is 47.9 Å². The molecular formula is C42H58N6O8. The number of rotatable bonds is 15. The minimum Gasteiger partial charge on any atom is -0.471 e. The van der Waals surface area contributed by atoms with Crippen LogP contribution in [0.2, 0.25) is 0 Å². The number of ether oxygens (including phenoxy) is 1. The van der Waals surface area contributed by atoms with E-state index in [1.807, 2.05) is 65.0 Å². The average Bonchev–Trinajstić information content (AvgIpc) is 3.78. The second-order valence-corrected chi connectivity index (χ2v) is 17.3. The number of fused-ring (bicyclic) bond motifs is 2. The number of aromatic nitrogens is 1. The second-order valence-electron chi connectivity index (χ2n) is 17.3. The van der Waals surface area contributed by atoms with Crippen LogP contribution in [-0.4, -0.2) is 93.6 Å². The quantitative estimate of drug-likeness (QED) is 0.224. The Bertz CT molecular complexity index is 1750. The number of amides is 5. The fourth-order valence-electron chi connectivity index (χ4n) is 8.53. The molecule has 0 spiro atoms. The van der Waals surface area contributed by atoms with Gasteiger partial charge >= 0.3 is 0 Å². The maximum absolute atomic E-state index is 14.7. The van der Waals surface area contributed by atoms with Crippen LogP contribution in [0.15, 0.2) is 40.9 Å². The summed E-state index contributed by atoms with van der Waals surface area (Å²) in [6.07, 6.45) is 7.48. The summed E-state index contributed by atoms with van der Waals surface area (Å²) < 4.78 is 11.0. The minimum absolute atomic E-state index is 0.00745. The van der Waals surface area contributed by atoms with Crippen LogP contribution in [0.5, 0.6) is 5.88 Å². The van der Waals surface area contributed by atoms with Crippen molar-refractivity contribution >= 4 is 35.3 Å². The van der Waals surface area contributed by atoms with Gasteiger partial charge in [0.05, 0.1) is 6.07 Å². The number of Topliss-reactive ketones (excluding diaryl/α,β-unsaturated/α-hetero) is 1. The first-order valence-corrected chi connectivity index (χ1v) is 20.5. The lowest BCUT2D eigenvalue weighted by molar-refractivity contribution is -0.153. The summed E-state index contributed by atoms with van der Waals surface area (Å²) in [7, 11) is 0. The third-order valence-corrected chi connectivity index (χ3v) is 12.0. The van der Waals surface area contributed by atoms with E-state index in [1.165, 1.54) is 11.0 Å². The fraction of sp³-hybridized carbons (Fsp3) is 0.643. The summed E-state index contributed by atoms with van der Waals surface area (Å²) >= 11 is 0.